The van der Waals surface area contributed by atoms with Crippen molar-refractivity contribution in [3.05, 3.63) is 17.8 Å². The van der Waals surface area contributed by atoms with Gasteiger partial charge in [-0.3, -0.25) is 9.59 Å². The summed E-state index contributed by atoms with van der Waals surface area (Å²) >= 11 is 0. The Kier molecular flexibility index (Phi) is 5.94. The van der Waals surface area contributed by atoms with Gasteiger partial charge in [-0.2, -0.15) is 0 Å². The first-order valence-corrected chi connectivity index (χ1v) is 8.16. The minimum absolute atomic E-state index is 0.0297. The molecule has 1 aromatic rings. The Balaban J connectivity index is 1.87. The van der Waals surface area contributed by atoms with Crippen LogP contribution in [0, 0.1) is 11.8 Å². The number of carboxylic acid groups (broad SMARTS) is 1. The van der Waals surface area contributed by atoms with Crippen LogP contribution in [0.15, 0.2) is 10.7 Å². The zero-order chi connectivity index (χ0) is 17.7. The number of carboxylic acids is 1. The lowest BCUT2D eigenvalue weighted by molar-refractivity contribution is -0.139. The molecule has 2 amide bonds. The van der Waals surface area contributed by atoms with E-state index in [1.165, 1.54) is 0 Å². The summed E-state index contributed by atoms with van der Waals surface area (Å²) in [5.74, 6) is -1.42. The summed E-state index contributed by atoms with van der Waals surface area (Å²) in [5.41, 5.74) is -0.192. The minimum atomic E-state index is -1.18. The van der Waals surface area contributed by atoms with Crippen molar-refractivity contribution in [2.75, 3.05) is 13.1 Å². The maximum absolute atomic E-state index is 12.3. The second kappa shape index (κ2) is 7.94. The van der Waals surface area contributed by atoms with Gasteiger partial charge in [0, 0.05) is 19.0 Å². The molecule has 8 nitrogen and oxygen atoms in total. The van der Waals surface area contributed by atoms with Gasteiger partial charge in [0.25, 0.3) is 0 Å². The summed E-state index contributed by atoms with van der Waals surface area (Å²) < 4.78 is 5.00. The number of rotatable bonds is 6. The van der Waals surface area contributed by atoms with Crippen molar-refractivity contribution in [3.8, 4) is 0 Å². The topological polar surface area (TPSA) is 113 Å². The summed E-state index contributed by atoms with van der Waals surface area (Å²) in [6, 6.07) is 0. The third-order valence-corrected chi connectivity index (χ3v) is 4.32. The van der Waals surface area contributed by atoms with Gasteiger partial charge in [-0.25, -0.2) is 9.78 Å². The first-order chi connectivity index (χ1) is 11.4. The molecule has 2 rings (SSSR count). The van der Waals surface area contributed by atoms with Crippen molar-refractivity contribution in [1.29, 1.82) is 0 Å². The molecule has 132 valence electrons. The summed E-state index contributed by atoms with van der Waals surface area (Å²) in [6.45, 7) is 5.00. The van der Waals surface area contributed by atoms with E-state index in [0.717, 1.165) is 25.5 Å². The number of carbonyl (C=O) groups excluding carboxylic acids is 2. The zero-order valence-electron chi connectivity index (χ0n) is 13.9. The number of hydrogen-bond donors (Lipinski definition) is 2. The van der Waals surface area contributed by atoms with Crippen molar-refractivity contribution in [2.24, 2.45) is 11.8 Å². The van der Waals surface area contributed by atoms with Gasteiger partial charge in [0.2, 0.25) is 17.7 Å². The number of carbonyl (C=O) groups is 3. The third-order valence-electron chi connectivity index (χ3n) is 4.32. The number of oxazole rings is 1. The van der Waals surface area contributed by atoms with Gasteiger partial charge < -0.3 is 19.7 Å². The molecule has 2 N–H and O–H groups in total. The number of aromatic carboxylic acids is 1. The van der Waals surface area contributed by atoms with Crippen LogP contribution in [0.3, 0.4) is 0 Å². The van der Waals surface area contributed by atoms with E-state index in [-0.39, 0.29) is 41.8 Å². The first-order valence-electron chi connectivity index (χ1n) is 8.16. The SMILES string of the molecule is CC[C@H](C)C(=O)N1CCC[C@H](C(=O)NCc2nc(C(=O)O)co2)C1. The maximum atomic E-state index is 12.3. The molecule has 2 heterocycles. The summed E-state index contributed by atoms with van der Waals surface area (Å²) in [6.07, 6.45) is 3.34. The maximum Gasteiger partial charge on any atom is 0.357 e. The lowest BCUT2D eigenvalue weighted by atomic mass is 9.95. The second-order valence-electron chi connectivity index (χ2n) is 6.08. The van der Waals surface area contributed by atoms with Crippen LogP contribution >= 0.6 is 0 Å². The minimum Gasteiger partial charge on any atom is -0.476 e. The van der Waals surface area contributed by atoms with Crippen molar-refractivity contribution in [1.82, 2.24) is 15.2 Å². The quantitative estimate of drug-likeness (QED) is 0.808. The Morgan fingerprint density at radius 2 is 2.25 bits per heavy atom. The fraction of sp³-hybridized carbons (Fsp3) is 0.625. The average Bonchev–Trinajstić information content (AvgIpc) is 3.07. The van der Waals surface area contributed by atoms with Crippen LogP contribution in [0.4, 0.5) is 0 Å². The first kappa shape index (κ1) is 18.0. The van der Waals surface area contributed by atoms with Gasteiger partial charge in [-0.15, -0.1) is 0 Å². The van der Waals surface area contributed by atoms with Gasteiger partial charge in [-0.1, -0.05) is 13.8 Å². The van der Waals surface area contributed by atoms with E-state index in [2.05, 4.69) is 10.3 Å². The number of nitrogens with one attached hydrogen (secondary N) is 1. The highest BCUT2D eigenvalue weighted by molar-refractivity contribution is 5.85. The number of aromatic nitrogens is 1. The highest BCUT2D eigenvalue weighted by Gasteiger charge is 2.30. The number of amides is 2. The number of likely N-dealkylation sites (tertiary alicyclic amines) is 1. The van der Waals surface area contributed by atoms with Crippen LogP contribution in [0.2, 0.25) is 0 Å². The van der Waals surface area contributed by atoms with Gasteiger partial charge in [0.15, 0.2) is 5.69 Å². The predicted octanol–water partition coefficient (Wildman–Crippen LogP) is 1.27. The van der Waals surface area contributed by atoms with Crippen molar-refractivity contribution >= 4 is 17.8 Å². The zero-order valence-corrected chi connectivity index (χ0v) is 13.9. The Hall–Kier alpha value is -2.38. The molecule has 1 saturated heterocycles. The van der Waals surface area contributed by atoms with Crippen LogP contribution in [0.1, 0.15) is 49.5 Å². The fourth-order valence-electron chi connectivity index (χ4n) is 2.67. The van der Waals surface area contributed by atoms with E-state index in [0.29, 0.717) is 13.1 Å². The molecule has 0 radical (unpaired) electrons. The number of nitrogens with zero attached hydrogens (tertiary/aromatic N) is 2. The summed E-state index contributed by atoms with van der Waals surface area (Å²) in [4.78, 5) is 40.8. The third kappa shape index (κ3) is 4.33. The highest BCUT2D eigenvalue weighted by Crippen LogP contribution is 2.19. The van der Waals surface area contributed by atoms with E-state index >= 15 is 0 Å². The second-order valence-corrected chi connectivity index (χ2v) is 6.08. The molecule has 2 atom stereocenters. The van der Waals surface area contributed by atoms with Gasteiger partial charge in [0.05, 0.1) is 12.5 Å². The molecule has 1 aromatic heterocycles. The predicted molar refractivity (Wildman–Crippen MR) is 84.1 cm³/mol. The average molecular weight is 337 g/mol. The molecular formula is C16H23N3O5. The molecule has 0 aliphatic carbocycles. The van der Waals surface area contributed by atoms with Crippen LogP contribution < -0.4 is 5.32 Å². The lowest BCUT2D eigenvalue weighted by Gasteiger charge is -2.33. The Labute approximate surface area is 140 Å². The lowest BCUT2D eigenvalue weighted by Crippen LogP contribution is -2.46. The normalized spacial score (nSPS) is 18.9. The van der Waals surface area contributed by atoms with Crippen LogP contribution in [0.5, 0.6) is 0 Å². The molecule has 8 heteroatoms. The molecule has 0 spiro atoms. The monoisotopic (exact) mass is 337 g/mol. The number of hydrogen-bond acceptors (Lipinski definition) is 5. The molecular weight excluding hydrogens is 314 g/mol. The van der Waals surface area contributed by atoms with E-state index in [4.69, 9.17) is 9.52 Å². The van der Waals surface area contributed by atoms with Crippen LogP contribution in [-0.2, 0) is 16.1 Å². The molecule has 0 aromatic carbocycles. The van der Waals surface area contributed by atoms with Crippen molar-refractivity contribution in [2.45, 2.75) is 39.7 Å². The smallest absolute Gasteiger partial charge is 0.357 e. The highest BCUT2D eigenvalue weighted by atomic mass is 16.4. The summed E-state index contributed by atoms with van der Waals surface area (Å²) in [5, 5.41) is 11.5. The van der Waals surface area contributed by atoms with Crippen LogP contribution in [-0.4, -0.2) is 45.9 Å². The van der Waals surface area contributed by atoms with Gasteiger partial charge in [0.1, 0.15) is 6.26 Å². The molecule has 0 bridgehead atoms. The molecule has 24 heavy (non-hydrogen) atoms. The largest absolute Gasteiger partial charge is 0.476 e. The fourth-order valence-corrected chi connectivity index (χ4v) is 2.67. The molecule has 0 unspecified atom stereocenters. The van der Waals surface area contributed by atoms with Crippen molar-refractivity contribution in [3.63, 3.8) is 0 Å². The Morgan fingerprint density at radius 1 is 1.50 bits per heavy atom. The Bertz CT molecular complexity index is 613. The Morgan fingerprint density at radius 3 is 2.88 bits per heavy atom. The molecule has 1 aliphatic heterocycles. The molecule has 1 fully saturated rings. The van der Waals surface area contributed by atoms with Gasteiger partial charge >= 0.3 is 5.97 Å². The van der Waals surface area contributed by atoms with E-state index < -0.39 is 5.97 Å². The van der Waals surface area contributed by atoms with Crippen molar-refractivity contribution < 1.29 is 23.9 Å². The van der Waals surface area contributed by atoms with E-state index in [9.17, 15) is 14.4 Å². The van der Waals surface area contributed by atoms with E-state index in [1.807, 2.05) is 13.8 Å². The molecule has 1 aliphatic rings. The standard InChI is InChI=1S/C16H23N3O5/c1-3-10(2)15(21)19-6-4-5-11(8-19)14(20)17-7-13-18-12(9-24-13)16(22)23/h9-11H,3-8H2,1-2H3,(H,17,20)(H,22,23)/t10-,11-/m0/s1. The number of piperidine rings is 1. The summed E-state index contributed by atoms with van der Waals surface area (Å²) in [7, 11) is 0. The molecule has 0 saturated carbocycles. The van der Waals surface area contributed by atoms with Crippen LogP contribution in [0.25, 0.3) is 0 Å². The van der Waals surface area contributed by atoms with E-state index in [1.54, 1.807) is 4.90 Å². The van der Waals surface area contributed by atoms with Gasteiger partial charge in [-0.05, 0) is 19.3 Å².